The first-order chi connectivity index (χ1) is 10.6. The highest BCUT2D eigenvalue weighted by Crippen LogP contribution is 2.07. The van der Waals surface area contributed by atoms with E-state index >= 15 is 0 Å². The van der Waals surface area contributed by atoms with Crippen LogP contribution in [0.25, 0.3) is 0 Å². The highest BCUT2D eigenvalue weighted by atomic mass is 35.5. The highest BCUT2D eigenvalue weighted by Gasteiger charge is 2.26. The Kier molecular flexibility index (Phi) is 13.5. The number of hydrogen-bond donors (Lipinski definition) is 0. The van der Waals surface area contributed by atoms with Crippen molar-refractivity contribution in [2.24, 2.45) is 11.8 Å². The van der Waals surface area contributed by atoms with Crippen LogP contribution < -0.4 is 0 Å². The monoisotopic (exact) mass is 350 g/mol. The van der Waals surface area contributed by atoms with Crippen molar-refractivity contribution < 1.29 is 28.7 Å². The van der Waals surface area contributed by atoms with Crippen molar-refractivity contribution in [2.75, 3.05) is 13.2 Å². The van der Waals surface area contributed by atoms with Gasteiger partial charge in [-0.15, -0.1) is 11.6 Å². The van der Waals surface area contributed by atoms with Gasteiger partial charge in [0.25, 0.3) is 0 Å². The Morgan fingerprint density at radius 1 is 0.870 bits per heavy atom. The Labute approximate surface area is 142 Å². The smallest absolute Gasteiger partial charge is 0.331 e. The largest absolute Gasteiger partial charge is 0.466 e. The topological polar surface area (TPSA) is 86.7 Å². The number of Topliss-reactive ketones (excluding diaryl/α,β-unsaturated/α-hetero) is 2. The second-order valence-electron chi connectivity index (χ2n) is 5.27. The molecule has 0 heterocycles. The second kappa shape index (κ2) is 13.0. The summed E-state index contributed by atoms with van der Waals surface area (Å²) in [4.78, 5) is 43.7. The maximum Gasteiger partial charge on any atom is 0.331 e. The number of hydrogen-bond acceptors (Lipinski definition) is 6. The summed E-state index contributed by atoms with van der Waals surface area (Å²) in [5, 5.41) is -1.15. The van der Waals surface area contributed by atoms with Crippen molar-refractivity contribution in [2.45, 2.75) is 53.3 Å². The van der Waals surface area contributed by atoms with E-state index in [1.807, 2.05) is 0 Å². The Bertz CT molecular complexity index is 403. The van der Waals surface area contributed by atoms with E-state index in [1.54, 1.807) is 41.5 Å². The summed E-state index contributed by atoms with van der Waals surface area (Å²) in [5.41, 5.74) is 0. The van der Waals surface area contributed by atoms with Crippen LogP contribution in [0.15, 0.2) is 0 Å². The molecule has 0 spiro atoms. The van der Waals surface area contributed by atoms with Gasteiger partial charge in [-0.1, -0.05) is 27.7 Å². The molecule has 0 aromatic heterocycles. The average molecular weight is 351 g/mol. The minimum Gasteiger partial charge on any atom is -0.466 e. The van der Waals surface area contributed by atoms with Crippen LogP contribution in [0.1, 0.15) is 48.0 Å². The molecule has 0 N–H and O–H groups in total. The fourth-order valence-corrected chi connectivity index (χ4v) is 1.50. The van der Waals surface area contributed by atoms with Gasteiger partial charge in [0.1, 0.15) is 12.2 Å². The van der Waals surface area contributed by atoms with Gasteiger partial charge in [-0.25, -0.2) is 4.79 Å². The number of rotatable bonds is 8. The van der Waals surface area contributed by atoms with Gasteiger partial charge in [-0.05, 0) is 13.8 Å². The van der Waals surface area contributed by atoms with E-state index < -0.39 is 17.3 Å². The standard InChI is InChI=1S/C8H13ClO3.C8H14O3/c1-4-12-8(11)6(9)7(10)5(2)3;1-4-11-8(10)5-7(9)6(2)3/h5-6H,4H2,1-3H3;6H,4-5H2,1-3H3. The van der Waals surface area contributed by atoms with Crippen LogP contribution in [0.4, 0.5) is 0 Å². The maximum atomic E-state index is 11.1. The van der Waals surface area contributed by atoms with Gasteiger partial charge < -0.3 is 9.47 Å². The van der Waals surface area contributed by atoms with Crippen molar-refractivity contribution in [3.05, 3.63) is 0 Å². The van der Waals surface area contributed by atoms with Crippen molar-refractivity contribution in [3.63, 3.8) is 0 Å². The molecule has 6 nitrogen and oxygen atoms in total. The van der Waals surface area contributed by atoms with Gasteiger partial charge in [-0.3, -0.25) is 14.4 Å². The number of ether oxygens (including phenoxy) is 2. The molecule has 1 unspecified atom stereocenters. The van der Waals surface area contributed by atoms with E-state index in [0.29, 0.717) is 6.61 Å². The van der Waals surface area contributed by atoms with E-state index in [2.05, 4.69) is 9.47 Å². The zero-order valence-corrected chi connectivity index (χ0v) is 15.4. The summed E-state index contributed by atoms with van der Waals surface area (Å²) < 4.78 is 9.19. The molecule has 7 heteroatoms. The molecule has 0 aliphatic heterocycles. The van der Waals surface area contributed by atoms with Gasteiger partial charge in [0.05, 0.1) is 13.2 Å². The zero-order valence-electron chi connectivity index (χ0n) is 14.7. The third kappa shape index (κ3) is 11.8. The molecule has 0 rings (SSSR count). The van der Waals surface area contributed by atoms with Gasteiger partial charge in [0.2, 0.25) is 0 Å². The third-order valence-corrected chi connectivity index (χ3v) is 2.97. The molecular formula is C16H27ClO6. The van der Waals surface area contributed by atoms with E-state index in [-0.39, 0.29) is 36.4 Å². The lowest BCUT2D eigenvalue weighted by Crippen LogP contribution is -2.29. The molecule has 23 heavy (non-hydrogen) atoms. The zero-order chi connectivity index (χ0) is 18.6. The first kappa shape index (κ1) is 23.8. The summed E-state index contributed by atoms with van der Waals surface area (Å²) in [5.74, 6) is -1.76. The highest BCUT2D eigenvalue weighted by molar-refractivity contribution is 6.41. The molecule has 0 fully saturated rings. The maximum absolute atomic E-state index is 11.1. The first-order valence-corrected chi connectivity index (χ1v) is 8.04. The molecule has 0 aromatic rings. The van der Waals surface area contributed by atoms with E-state index in [0.717, 1.165) is 0 Å². The van der Waals surface area contributed by atoms with Crippen molar-refractivity contribution >= 4 is 35.1 Å². The molecule has 0 radical (unpaired) electrons. The normalized spacial score (nSPS) is 11.3. The first-order valence-electron chi connectivity index (χ1n) is 7.61. The Morgan fingerprint density at radius 3 is 1.70 bits per heavy atom. The van der Waals surface area contributed by atoms with Crippen LogP contribution in [0.5, 0.6) is 0 Å². The lowest BCUT2D eigenvalue weighted by Gasteiger charge is -2.09. The molecule has 0 aromatic carbocycles. The van der Waals surface area contributed by atoms with Crippen molar-refractivity contribution in [1.82, 2.24) is 0 Å². The van der Waals surface area contributed by atoms with Crippen LogP contribution in [0.2, 0.25) is 0 Å². The molecule has 0 saturated heterocycles. The number of esters is 2. The summed E-state index contributed by atoms with van der Waals surface area (Å²) in [7, 11) is 0. The lowest BCUT2D eigenvalue weighted by atomic mass is 10.1. The molecule has 1 atom stereocenters. The van der Waals surface area contributed by atoms with Crippen LogP contribution in [-0.2, 0) is 28.7 Å². The average Bonchev–Trinajstić information content (AvgIpc) is 2.46. The van der Waals surface area contributed by atoms with Crippen molar-refractivity contribution in [3.8, 4) is 0 Å². The van der Waals surface area contributed by atoms with Crippen molar-refractivity contribution in [1.29, 1.82) is 0 Å². The van der Waals surface area contributed by atoms with Gasteiger partial charge >= 0.3 is 11.9 Å². The summed E-state index contributed by atoms with van der Waals surface area (Å²) >= 11 is 5.53. The Morgan fingerprint density at radius 2 is 1.35 bits per heavy atom. The minimum absolute atomic E-state index is 0.0662. The quantitative estimate of drug-likeness (QED) is 0.380. The molecule has 0 amide bonds. The number of alkyl halides is 1. The second-order valence-corrected chi connectivity index (χ2v) is 5.71. The predicted molar refractivity (Wildman–Crippen MR) is 87.2 cm³/mol. The number of carbonyl (C=O) groups excluding carboxylic acids is 4. The molecule has 134 valence electrons. The SMILES string of the molecule is CCOC(=O)C(Cl)C(=O)C(C)C.CCOC(=O)CC(=O)C(C)C. The third-order valence-electron chi connectivity index (χ3n) is 2.58. The molecule has 0 aliphatic rings. The van der Waals surface area contributed by atoms with Gasteiger partial charge in [-0.2, -0.15) is 0 Å². The fourth-order valence-electron chi connectivity index (χ4n) is 1.18. The van der Waals surface area contributed by atoms with Gasteiger partial charge in [0.15, 0.2) is 11.2 Å². The van der Waals surface area contributed by atoms with Crippen LogP contribution in [0.3, 0.4) is 0 Å². The summed E-state index contributed by atoms with van der Waals surface area (Å²) in [6.07, 6.45) is -0.0918. The number of halogens is 1. The Hall–Kier alpha value is -1.43. The van der Waals surface area contributed by atoms with E-state index in [9.17, 15) is 19.2 Å². The van der Waals surface area contributed by atoms with Gasteiger partial charge in [0, 0.05) is 11.8 Å². The molecule has 0 aliphatic carbocycles. The minimum atomic E-state index is -1.15. The predicted octanol–water partition coefficient (Wildman–Crippen LogP) is 2.55. The summed E-state index contributed by atoms with van der Waals surface area (Å²) in [6, 6.07) is 0. The van der Waals surface area contributed by atoms with E-state index in [1.165, 1.54) is 0 Å². The molecule has 0 saturated carbocycles. The number of carbonyl (C=O) groups is 4. The van der Waals surface area contributed by atoms with Crippen LogP contribution in [0, 0.1) is 11.8 Å². The fraction of sp³-hybridized carbons (Fsp3) is 0.750. The molecular weight excluding hydrogens is 324 g/mol. The van der Waals surface area contributed by atoms with Crippen LogP contribution in [-0.4, -0.2) is 42.1 Å². The summed E-state index contributed by atoms with van der Waals surface area (Å²) in [6.45, 7) is 10.9. The molecule has 0 bridgehead atoms. The van der Waals surface area contributed by atoms with Crippen LogP contribution >= 0.6 is 11.6 Å². The lowest BCUT2D eigenvalue weighted by molar-refractivity contribution is -0.147. The number of ketones is 2. The van der Waals surface area contributed by atoms with E-state index in [4.69, 9.17) is 11.6 Å². The Balaban J connectivity index is 0.